The number of nitrogens with one attached hydrogen (secondary N) is 1. The van der Waals surface area contributed by atoms with E-state index in [1.54, 1.807) is 16.8 Å². The van der Waals surface area contributed by atoms with Crippen LogP contribution in [0.4, 0.5) is 0 Å². The zero-order chi connectivity index (χ0) is 12.4. The van der Waals surface area contributed by atoms with Crippen molar-refractivity contribution < 1.29 is 0 Å². The molecule has 1 aliphatic rings. The Morgan fingerprint density at radius 2 is 2.00 bits per heavy atom. The van der Waals surface area contributed by atoms with Crippen molar-refractivity contribution in [2.24, 2.45) is 0 Å². The Balaban J connectivity index is 2.03. The molecular weight excluding hydrogens is 226 g/mol. The predicted molar refractivity (Wildman–Crippen MR) is 70.5 cm³/mol. The third-order valence-electron chi connectivity index (χ3n) is 3.27. The van der Waals surface area contributed by atoms with Crippen LogP contribution in [0.25, 0.3) is 11.3 Å². The Bertz CT molecular complexity index is 585. The Kier molecular flexibility index (Phi) is 2.94. The number of aromatic nitrogens is 2. The van der Waals surface area contributed by atoms with Crippen molar-refractivity contribution in [3.63, 3.8) is 0 Å². The van der Waals surface area contributed by atoms with Gasteiger partial charge in [-0.15, -0.1) is 0 Å². The van der Waals surface area contributed by atoms with Gasteiger partial charge in [-0.25, -0.2) is 4.68 Å². The van der Waals surface area contributed by atoms with E-state index in [1.807, 2.05) is 30.3 Å². The van der Waals surface area contributed by atoms with E-state index in [4.69, 9.17) is 0 Å². The molecule has 2 aromatic rings. The van der Waals surface area contributed by atoms with Crippen LogP contribution in [0.5, 0.6) is 0 Å². The van der Waals surface area contributed by atoms with E-state index in [0.717, 1.165) is 30.8 Å². The number of nitrogens with zero attached hydrogens (tertiary/aromatic N) is 2. The van der Waals surface area contributed by atoms with Crippen LogP contribution in [0.2, 0.25) is 0 Å². The van der Waals surface area contributed by atoms with Crippen LogP contribution in [0.15, 0.2) is 47.3 Å². The lowest BCUT2D eigenvalue weighted by Crippen LogP contribution is -2.28. The van der Waals surface area contributed by atoms with E-state index in [1.165, 1.54) is 0 Å². The summed E-state index contributed by atoms with van der Waals surface area (Å²) in [4.78, 5) is 11.9. The van der Waals surface area contributed by atoms with Gasteiger partial charge in [0.1, 0.15) is 0 Å². The van der Waals surface area contributed by atoms with Crippen LogP contribution < -0.4 is 10.9 Å². The van der Waals surface area contributed by atoms with Gasteiger partial charge in [0.15, 0.2) is 0 Å². The van der Waals surface area contributed by atoms with Crippen molar-refractivity contribution >= 4 is 0 Å². The molecule has 18 heavy (non-hydrogen) atoms. The van der Waals surface area contributed by atoms with Gasteiger partial charge >= 0.3 is 0 Å². The molecule has 0 spiro atoms. The van der Waals surface area contributed by atoms with Gasteiger partial charge in [-0.05, 0) is 19.0 Å². The average molecular weight is 241 g/mol. The molecule has 92 valence electrons. The summed E-state index contributed by atoms with van der Waals surface area (Å²) in [6.07, 6.45) is 0.963. The van der Waals surface area contributed by atoms with Gasteiger partial charge in [-0.2, -0.15) is 5.10 Å². The summed E-state index contributed by atoms with van der Waals surface area (Å²) in [5, 5.41) is 7.75. The monoisotopic (exact) mass is 241 g/mol. The lowest BCUT2D eigenvalue weighted by Gasteiger charge is -2.12. The first-order chi connectivity index (χ1) is 8.84. The standard InChI is InChI=1S/C14H15N3O/c18-14-7-6-13(11-4-2-1-3-5-11)16-17(14)12-8-9-15-10-12/h1-7,12,15H,8-10H2. The fourth-order valence-corrected chi connectivity index (χ4v) is 2.30. The van der Waals surface area contributed by atoms with Gasteiger partial charge in [0.2, 0.25) is 0 Å². The van der Waals surface area contributed by atoms with E-state index in [9.17, 15) is 4.79 Å². The average Bonchev–Trinajstić information content (AvgIpc) is 2.94. The molecule has 1 aromatic carbocycles. The fraction of sp³-hybridized carbons (Fsp3) is 0.286. The molecule has 2 heterocycles. The molecule has 1 fully saturated rings. The second kappa shape index (κ2) is 4.74. The second-order valence-corrected chi connectivity index (χ2v) is 4.51. The van der Waals surface area contributed by atoms with E-state index >= 15 is 0 Å². The van der Waals surface area contributed by atoms with Crippen molar-refractivity contribution in [1.29, 1.82) is 0 Å². The summed E-state index contributed by atoms with van der Waals surface area (Å²) in [7, 11) is 0. The molecule has 1 unspecified atom stereocenters. The largest absolute Gasteiger partial charge is 0.315 e. The van der Waals surface area contributed by atoms with Gasteiger partial charge in [-0.3, -0.25) is 4.79 Å². The summed E-state index contributed by atoms with van der Waals surface area (Å²) >= 11 is 0. The molecule has 4 nitrogen and oxygen atoms in total. The van der Waals surface area contributed by atoms with Crippen molar-refractivity contribution in [3.8, 4) is 11.3 Å². The first kappa shape index (κ1) is 11.2. The number of rotatable bonds is 2. The van der Waals surface area contributed by atoms with Gasteiger partial charge in [0, 0.05) is 18.2 Å². The van der Waals surface area contributed by atoms with E-state index in [-0.39, 0.29) is 11.6 Å². The van der Waals surface area contributed by atoms with Gasteiger partial charge < -0.3 is 5.32 Å². The third kappa shape index (κ3) is 2.07. The Labute approximate surface area is 105 Å². The molecule has 0 radical (unpaired) electrons. The maximum absolute atomic E-state index is 11.9. The van der Waals surface area contributed by atoms with E-state index in [2.05, 4.69) is 10.4 Å². The van der Waals surface area contributed by atoms with E-state index in [0.29, 0.717) is 0 Å². The van der Waals surface area contributed by atoms with Crippen LogP contribution in [0.3, 0.4) is 0 Å². The summed E-state index contributed by atoms with van der Waals surface area (Å²) < 4.78 is 1.61. The molecule has 0 amide bonds. The molecule has 0 aliphatic carbocycles. The SMILES string of the molecule is O=c1ccc(-c2ccccc2)nn1C1CCNC1. The van der Waals surface area contributed by atoms with Crippen LogP contribution >= 0.6 is 0 Å². The quantitative estimate of drug-likeness (QED) is 0.865. The Hall–Kier alpha value is -1.94. The van der Waals surface area contributed by atoms with Crippen molar-refractivity contribution in [2.75, 3.05) is 13.1 Å². The predicted octanol–water partition coefficient (Wildman–Crippen LogP) is 1.44. The second-order valence-electron chi connectivity index (χ2n) is 4.51. The lowest BCUT2D eigenvalue weighted by molar-refractivity contribution is 0.467. The number of hydrogen-bond acceptors (Lipinski definition) is 3. The molecule has 3 rings (SSSR count). The Morgan fingerprint density at radius 1 is 1.17 bits per heavy atom. The topological polar surface area (TPSA) is 46.9 Å². The van der Waals surface area contributed by atoms with Crippen molar-refractivity contribution in [2.45, 2.75) is 12.5 Å². The minimum Gasteiger partial charge on any atom is -0.315 e. The molecule has 0 bridgehead atoms. The van der Waals surface area contributed by atoms with Crippen LogP contribution in [-0.2, 0) is 0 Å². The number of benzene rings is 1. The summed E-state index contributed by atoms with van der Waals surface area (Å²) in [5.74, 6) is 0. The minimum absolute atomic E-state index is 0.0246. The smallest absolute Gasteiger partial charge is 0.267 e. The molecule has 1 aromatic heterocycles. The first-order valence-corrected chi connectivity index (χ1v) is 6.20. The highest BCUT2D eigenvalue weighted by atomic mass is 16.1. The normalized spacial score (nSPS) is 19.0. The zero-order valence-electron chi connectivity index (χ0n) is 10.0. The van der Waals surface area contributed by atoms with Crippen LogP contribution in [-0.4, -0.2) is 22.9 Å². The maximum Gasteiger partial charge on any atom is 0.267 e. The fourth-order valence-electron chi connectivity index (χ4n) is 2.30. The van der Waals surface area contributed by atoms with Crippen molar-refractivity contribution in [1.82, 2.24) is 15.1 Å². The molecule has 1 saturated heterocycles. The highest BCUT2D eigenvalue weighted by molar-refractivity contribution is 5.57. The van der Waals surface area contributed by atoms with Gasteiger partial charge in [0.05, 0.1) is 11.7 Å². The summed E-state index contributed by atoms with van der Waals surface area (Å²) in [6.45, 7) is 1.78. The van der Waals surface area contributed by atoms with Crippen LogP contribution in [0.1, 0.15) is 12.5 Å². The van der Waals surface area contributed by atoms with Crippen molar-refractivity contribution in [3.05, 3.63) is 52.8 Å². The highest BCUT2D eigenvalue weighted by Crippen LogP contribution is 2.17. The lowest BCUT2D eigenvalue weighted by atomic mass is 10.1. The number of hydrogen-bond donors (Lipinski definition) is 1. The molecule has 4 heteroatoms. The Morgan fingerprint density at radius 3 is 2.72 bits per heavy atom. The molecule has 1 atom stereocenters. The summed E-state index contributed by atoms with van der Waals surface area (Å²) in [6, 6.07) is 13.5. The zero-order valence-corrected chi connectivity index (χ0v) is 10.0. The molecule has 1 aliphatic heterocycles. The van der Waals surface area contributed by atoms with Gasteiger partial charge in [0.25, 0.3) is 5.56 Å². The minimum atomic E-state index is -0.0246. The van der Waals surface area contributed by atoms with Gasteiger partial charge in [-0.1, -0.05) is 30.3 Å². The van der Waals surface area contributed by atoms with E-state index < -0.39 is 0 Å². The highest BCUT2D eigenvalue weighted by Gasteiger charge is 2.18. The van der Waals surface area contributed by atoms with Crippen LogP contribution in [0, 0.1) is 0 Å². The molecule has 0 saturated carbocycles. The molecule has 1 N–H and O–H groups in total. The third-order valence-corrected chi connectivity index (χ3v) is 3.27. The first-order valence-electron chi connectivity index (χ1n) is 6.20. The molecular formula is C14H15N3O. The maximum atomic E-state index is 11.9. The summed E-state index contributed by atoms with van der Waals surface area (Å²) in [5.41, 5.74) is 1.86.